The number of anilines is 1. The molecule has 0 spiro atoms. The fraction of sp³-hybridized carbons (Fsp3) is 0.222. The predicted octanol–water partition coefficient (Wildman–Crippen LogP) is 2.77. The molecule has 0 unspecified atom stereocenters. The second-order valence-electron chi connectivity index (χ2n) is 5.66. The van der Waals surface area contributed by atoms with Crippen LogP contribution in [0.15, 0.2) is 40.8 Å². The van der Waals surface area contributed by atoms with Crippen LogP contribution in [-0.2, 0) is 17.9 Å². The minimum atomic E-state index is -0.390. The van der Waals surface area contributed by atoms with Crippen molar-refractivity contribution in [3.63, 3.8) is 0 Å². The molecule has 0 saturated heterocycles. The zero-order valence-electron chi connectivity index (χ0n) is 14.8. The Morgan fingerprint density at radius 1 is 1.19 bits per heavy atom. The fourth-order valence-corrected chi connectivity index (χ4v) is 3.01. The van der Waals surface area contributed by atoms with E-state index in [9.17, 15) is 9.59 Å². The van der Waals surface area contributed by atoms with E-state index in [1.807, 2.05) is 19.1 Å². The molecule has 140 valence electrons. The van der Waals surface area contributed by atoms with Gasteiger partial charge in [0.25, 0.3) is 11.8 Å². The van der Waals surface area contributed by atoms with E-state index in [1.54, 1.807) is 31.4 Å². The molecule has 8 nitrogen and oxygen atoms in total. The van der Waals surface area contributed by atoms with Gasteiger partial charge in [0.1, 0.15) is 16.5 Å². The molecule has 0 saturated carbocycles. The van der Waals surface area contributed by atoms with E-state index in [2.05, 4.69) is 20.8 Å². The lowest BCUT2D eigenvalue weighted by Crippen LogP contribution is -2.22. The second kappa shape index (κ2) is 8.56. The number of carbonyl (C=O) groups is 2. The molecule has 0 aliphatic rings. The van der Waals surface area contributed by atoms with Crippen molar-refractivity contribution in [2.75, 3.05) is 12.4 Å². The molecule has 0 fully saturated rings. The number of amides is 2. The summed E-state index contributed by atoms with van der Waals surface area (Å²) in [5.41, 5.74) is 0.915. The van der Waals surface area contributed by atoms with E-state index in [0.717, 1.165) is 17.1 Å². The van der Waals surface area contributed by atoms with Crippen LogP contribution in [0, 0.1) is 6.92 Å². The minimum Gasteiger partial charge on any atom is -0.465 e. The Bertz CT molecular complexity index is 950. The number of furan rings is 1. The summed E-state index contributed by atoms with van der Waals surface area (Å²) in [7, 11) is 1.55. The van der Waals surface area contributed by atoms with Gasteiger partial charge in [-0.3, -0.25) is 9.59 Å². The summed E-state index contributed by atoms with van der Waals surface area (Å²) in [5, 5.41) is 14.1. The van der Waals surface area contributed by atoms with Crippen LogP contribution in [-0.4, -0.2) is 29.1 Å². The smallest absolute Gasteiger partial charge is 0.286 e. The first-order chi connectivity index (χ1) is 13.0. The van der Waals surface area contributed by atoms with Crippen molar-refractivity contribution in [3.05, 3.63) is 63.5 Å². The maximum atomic E-state index is 12.3. The van der Waals surface area contributed by atoms with Crippen LogP contribution in [0.3, 0.4) is 0 Å². The number of methoxy groups -OCH3 is 1. The lowest BCUT2D eigenvalue weighted by Gasteiger charge is -2.07. The van der Waals surface area contributed by atoms with Crippen LogP contribution in [0.25, 0.3) is 0 Å². The van der Waals surface area contributed by atoms with Crippen LogP contribution >= 0.6 is 11.3 Å². The van der Waals surface area contributed by atoms with Gasteiger partial charge in [-0.2, -0.15) is 0 Å². The zero-order valence-corrected chi connectivity index (χ0v) is 15.6. The summed E-state index contributed by atoms with van der Waals surface area (Å²) in [6.45, 7) is 2.43. The van der Waals surface area contributed by atoms with Crippen molar-refractivity contribution in [2.24, 2.45) is 0 Å². The Balaban J connectivity index is 1.62. The van der Waals surface area contributed by atoms with Crippen LogP contribution < -0.4 is 10.6 Å². The molecule has 1 aromatic carbocycles. The number of aromatic nitrogens is 2. The Labute approximate surface area is 159 Å². The fourth-order valence-electron chi connectivity index (χ4n) is 2.30. The molecule has 0 atom stereocenters. The molecular weight excluding hydrogens is 368 g/mol. The number of hydrogen-bond acceptors (Lipinski definition) is 7. The van der Waals surface area contributed by atoms with Crippen molar-refractivity contribution in [1.82, 2.24) is 15.5 Å². The summed E-state index contributed by atoms with van der Waals surface area (Å²) < 4.78 is 10.4. The molecule has 3 rings (SSSR count). The predicted molar refractivity (Wildman–Crippen MR) is 99.6 cm³/mol. The standard InChI is InChI=1S/C18H18N4O4S/c1-11-6-7-14(26-11)9-19-16(23)12-4-3-5-13(8-12)20-17(24)18-22-21-15(27-18)10-25-2/h3-8H,9-10H2,1-2H3,(H,19,23)(H,20,24). The molecule has 9 heteroatoms. The molecule has 2 aromatic heterocycles. The van der Waals surface area contributed by atoms with Crippen LogP contribution in [0.2, 0.25) is 0 Å². The van der Waals surface area contributed by atoms with Gasteiger partial charge < -0.3 is 19.8 Å². The van der Waals surface area contributed by atoms with Gasteiger partial charge in [-0.15, -0.1) is 10.2 Å². The largest absolute Gasteiger partial charge is 0.465 e. The third kappa shape index (κ3) is 4.99. The second-order valence-corrected chi connectivity index (χ2v) is 6.73. The molecule has 0 aliphatic carbocycles. The molecule has 2 amide bonds. The Hall–Kier alpha value is -3.04. The number of nitrogens with zero attached hydrogens (tertiary/aromatic N) is 2. The number of aryl methyl sites for hydroxylation is 1. The van der Waals surface area contributed by atoms with Gasteiger partial charge in [0.05, 0.1) is 13.2 Å². The highest BCUT2D eigenvalue weighted by Gasteiger charge is 2.14. The summed E-state index contributed by atoms with van der Waals surface area (Å²) in [5.74, 6) is 0.805. The highest BCUT2D eigenvalue weighted by Crippen LogP contribution is 2.15. The zero-order chi connectivity index (χ0) is 19.2. The van der Waals surface area contributed by atoms with Crippen molar-refractivity contribution in [2.45, 2.75) is 20.1 Å². The Morgan fingerprint density at radius 3 is 2.78 bits per heavy atom. The van der Waals surface area contributed by atoms with E-state index >= 15 is 0 Å². The highest BCUT2D eigenvalue weighted by molar-refractivity contribution is 7.13. The molecular formula is C18H18N4O4S. The van der Waals surface area contributed by atoms with E-state index in [4.69, 9.17) is 9.15 Å². The third-order valence-electron chi connectivity index (χ3n) is 3.53. The number of hydrogen-bond donors (Lipinski definition) is 2. The highest BCUT2D eigenvalue weighted by atomic mass is 32.1. The molecule has 0 bridgehead atoms. The lowest BCUT2D eigenvalue weighted by atomic mass is 10.2. The molecule has 27 heavy (non-hydrogen) atoms. The normalized spacial score (nSPS) is 10.6. The Morgan fingerprint density at radius 2 is 2.04 bits per heavy atom. The number of rotatable bonds is 7. The molecule has 0 radical (unpaired) electrons. The number of ether oxygens (including phenoxy) is 1. The molecule has 2 heterocycles. The van der Waals surface area contributed by atoms with Gasteiger partial charge in [-0.05, 0) is 37.3 Å². The maximum absolute atomic E-state index is 12.3. The minimum absolute atomic E-state index is 0.227. The van der Waals surface area contributed by atoms with Gasteiger partial charge in [-0.25, -0.2) is 0 Å². The SMILES string of the molecule is COCc1nnc(C(=O)Nc2cccc(C(=O)NCc3ccc(C)o3)c2)s1. The van der Waals surface area contributed by atoms with E-state index in [0.29, 0.717) is 28.6 Å². The first kappa shape index (κ1) is 18.7. The van der Waals surface area contributed by atoms with Gasteiger partial charge in [-0.1, -0.05) is 17.4 Å². The first-order valence-electron chi connectivity index (χ1n) is 8.11. The monoisotopic (exact) mass is 386 g/mol. The van der Waals surface area contributed by atoms with Gasteiger partial charge in [0.2, 0.25) is 5.01 Å². The van der Waals surface area contributed by atoms with Gasteiger partial charge in [0, 0.05) is 18.4 Å². The van der Waals surface area contributed by atoms with Gasteiger partial charge in [0.15, 0.2) is 0 Å². The molecule has 0 aliphatic heterocycles. The van der Waals surface area contributed by atoms with E-state index < -0.39 is 5.91 Å². The van der Waals surface area contributed by atoms with Crippen molar-refractivity contribution in [3.8, 4) is 0 Å². The quantitative estimate of drug-likeness (QED) is 0.647. The number of benzene rings is 1. The number of nitrogens with one attached hydrogen (secondary N) is 2. The van der Waals surface area contributed by atoms with Crippen molar-refractivity contribution >= 4 is 28.8 Å². The summed E-state index contributed by atoms with van der Waals surface area (Å²) in [6.07, 6.45) is 0. The Kier molecular flexibility index (Phi) is 5.94. The summed E-state index contributed by atoms with van der Waals surface area (Å²) in [4.78, 5) is 24.6. The number of carbonyl (C=O) groups excluding carboxylic acids is 2. The third-order valence-corrected chi connectivity index (χ3v) is 4.43. The van der Waals surface area contributed by atoms with Crippen molar-refractivity contribution < 1.29 is 18.7 Å². The van der Waals surface area contributed by atoms with Crippen molar-refractivity contribution in [1.29, 1.82) is 0 Å². The van der Waals surface area contributed by atoms with E-state index in [-0.39, 0.29) is 17.5 Å². The van der Waals surface area contributed by atoms with Crippen LogP contribution in [0.4, 0.5) is 5.69 Å². The van der Waals surface area contributed by atoms with E-state index in [1.165, 1.54) is 0 Å². The molecule has 3 aromatic rings. The summed E-state index contributed by atoms with van der Waals surface area (Å²) in [6, 6.07) is 10.3. The summed E-state index contributed by atoms with van der Waals surface area (Å²) >= 11 is 1.15. The van der Waals surface area contributed by atoms with Crippen LogP contribution in [0.1, 0.15) is 36.7 Å². The lowest BCUT2D eigenvalue weighted by molar-refractivity contribution is 0.0946. The van der Waals surface area contributed by atoms with Gasteiger partial charge >= 0.3 is 0 Å². The average Bonchev–Trinajstić information content (AvgIpc) is 3.29. The topological polar surface area (TPSA) is 106 Å². The first-order valence-corrected chi connectivity index (χ1v) is 8.93. The molecule has 2 N–H and O–H groups in total. The van der Waals surface area contributed by atoms with Crippen LogP contribution in [0.5, 0.6) is 0 Å². The maximum Gasteiger partial charge on any atom is 0.286 e. The average molecular weight is 386 g/mol.